The van der Waals surface area contributed by atoms with Crippen LogP contribution in [-0.2, 0) is 14.3 Å². The number of esters is 1. The molecule has 4 nitrogen and oxygen atoms in total. The zero-order valence-electron chi connectivity index (χ0n) is 13.0. The van der Waals surface area contributed by atoms with Crippen molar-refractivity contribution in [2.75, 3.05) is 26.2 Å². The van der Waals surface area contributed by atoms with Crippen LogP contribution in [0.4, 0.5) is 0 Å². The molecule has 1 heterocycles. The van der Waals surface area contributed by atoms with Gasteiger partial charge in [-0.15, -0.1) is 0 Å². The van der Waals surface area contributed by atoms with E-state index >= 15 is 0 Å². The highest BCUT2D eigenvalue weighted by molar-refractivity contribution is 5.84. The van der Waals surface area contributed by atoms with Crippen molar-refractivity contribution >= 4 is 11.8 Å². The van der Waals surface area contributed by atoms with E-state index in [1.165, 1.54) is 32.1 Å². The standard InChI is InChI=1S/C16H29NO3/c1-3-6-14-7-5-11-17(12-10-14)13-15(18)8-9-16(19)20-4-2/h14H,3-13H2,1-2H3. The van der Waals surface area contributed by atoms with Gasteiger partial charge in [-0.3, -0.25) is 14.5 Å². The second kappa shape index (κ2) is 9.92. The highest BCUT2D eigenvalue weighted by Crippen LogP contribution is 2.21. The number of hydrogen-bond acceptors (Lipinski definition) is 4. The van der Waals surface area contributed by atoms with Crippen LogP contribution in [0.5, 0.6) is 0 Å². The number of ether oxygens (including phenoxy) is 1. The molecular formula is C16H29NO3. The Balaban J connectivity index is 2.23. The summed E-state index contributed by atoms with van der Waals surface area (Å²) in [5.41, 5.74) is 0. The zero-order valence-corrected chi connectivity index (χ0v) is 13.0. The fourth-order valence-corrected chi connectivity index (χ4v) is 2.88. The number of carbonyl (C=O) groups is 2. The summed E-state index contributed by atoms with van der Waals surface area (Å²) in [6.07, 6.45) is 6.79. The number of Topliss-reactive ketones (excluding diaryl/α,β-unsaturated/α-hetero) is 1. The Hall–Kier alpha value is -0.900. The molecule has 1 aliphatic rings. The van der Waals surface area contributed by atoms with Crippen molar-refractivity contribution < 1.29 is 14.3 Å². The van der Waals surface area contributed by atoms with Gasteiger partial charge in [-0.2, -0.15) is 0 Å². The van der Waals surface area contributed by atoms with Crippen molar-refractivity contribution in [1.82, 2.24) is 4.90 Å². The summed E-state index contributed by atoms with van der Waals surface area (Å²) < 4.78 is 4.84. The van der Waals surface area contributed by atoms with E-state index in [4.69, 9.17) is 4.74 Å². The molecule has 116 valence electrons. The minimum absolute atomic E-state index is 0.159. The Morgan fingerprint density at radius 2 is 1.95 bits per heavy atom. The molecule has 1 atom stereocenters. The van der Waals surface area contributed by atoms with Gasteiger partial charge < -0.3 is 4.74 Å². The number of likely N-dealkylation sites (tertiary alicyclic amines) is 1. The van der Waals surface area contributed by atoms with Gasteiger partial charge in [0.15, 0.2) is 0 Å². The Kier molecular flexibility index (Phi) is 8.51. The van der Waals surface area contributed by atoms with Gasteiger partial charge >= 0.3 is 5.97 Å². The summed E-state index contributed by atoms with van der Waals surface area (Å²) in [7, 11) is 0. The Morgan fingerprint density at radius 3 is 2.65 bits per heavy atom. The zero-order chi connectivity index (χ0) is 14.8. The first kappa shape index (κ1) is 17.2. The van der Waals surface area contributed by atoms with Crippen LogP contribution >= 0.6 is 0 Å². The molecule has 1 aliphatic heterocycles. The second-order valence-corrected chi connectivity index (χ2v) is 5.71. The summed E-state index contributed by atoms with van der Waals surface area (Å²) in [5.74, 6) is 0.728. The molecule has 1 unspecified atom stereocenters. The number of carbonyl (C=O) groups excluding carboxylic acids is 2. The van der Waals surface area contributed by atoms with Crippen molar-refractivity contribution in [2.45, 2.75) is 58.8 Å². The molecule has 0 aromatic carbocycles. The van der Waals surface area contributed by atoms with Gasteiger partial charge in [0, 0.05) is 6.42 Å². The molecule has 0 aliphatic carbocycles. The van der Waals surface area contributed by atoms with Crippen LogP contribution in [0.1, 0.15) is 58.8 Å². The SMILES string of the molecule is CCCC1CCCN(CC(=O)CCC(=O)OCC)CC1. The molecule has 0 aromatic rings. The molecule has 0 amide bonds. The summed E-state index contributed by atoms with van der Waals surface area (Å²) in [6.45, 7) is 6.95. The minimum Gasteiger partial charge on any atom is -0.466 e. The molecule has 20 heavy (non-hydrogen) atoms. The third-order valence-electron chi connectivity index (χ3n) is 3.95. The van der Waals surface area contributed by atoms with E-state index in [1.54, 1.807) is 6.92 Å². The normalized spacial score (nSPS) is 20.4. The van der Waals surface area contributed by atoms with E-state index in [2.05, 4.69) is 11.8 Å². The Labute approximate surface area is 122 Å². The van der Waals surface area contributed by atoms with Gasteiger partial charge in [-0.1, -0.05) is 19.8 Å². The average Bonchev–Trinajstić information content (AvgIpc) is 2.63. The van der Waals surface area contributed by atoms with E-state index in [0.717, 1.165) is 19.0 Å². The maximum atomic E-state index is 11.9. The number of hydrogen-bond donors (Lipinski definition) is 0. The van der Waals surface area contributed by atoms with Crippen LogP contribution in [0.15, 0.2) is 0 Å². The summed E-state index contributed by atoms with van der Waals surface area (Å²) >= 11 is 0. The van der Waals surface area contributed by atoms with E-state index in [1.807, 2.05) is 0 Å². The summed E-state index contributed by atoms with van der Waals surface area (Å²) in [4.78, 5) is 25.4. The van der Waals surface area contributed by atoms with Crippen molar-refractivity contribution in [1.29, 1.82) is 0 Å². The fraction of sp³-hybridized carbons (Fsp3) is 0.875. The topological polar surface area (TPSA) is 46.6 Å². The second-order valence-electron chi connectivity index (χ2n) is 5.71. The molecule has 0 N–H and O–H groups in total. The highest BCUT2D eigenvalue weighted by Gasteiger charge is 2.18. The van der Waals surface area contributed by atoms with Crippen LogP contribution < -0.4 is 0 Å². The van der Waals surface area contributed by atoms with Crippen molar-refractivity contribution in [2.24, 2.45) is 5.92 Å². The monoisotopic (exact) mass is 283 g/mol. The molecule has 0 aromatic heterocycles. The third-order valence-corrected chi connectivity index (χ3v) is 3.95. The van der Waals surface area contributed by atoms with E-state index in [9.17, 15) is 9.59 Å². The molecule has 0 saturated carbocycles. The maximum Gasteiger partial charge on any atom is 0.306 e. The molecule has 1 saturated heterocycles. The van der Waals surface area contributed by atoms with Gasteiger partial charge in [0.25, 0.3) is 0 Å². The lowest BCUT2D eigenvalue weighted by atomic mass is 9.96. The van der Waals surface area contributed by atoms with E-state index in [0.29, 0.717) is 19.6 Å². The van der Waals surface area contributed by atoms with Crippen molar-refractivity contribution in [3.05, 3.63) is 0 Å². The lowest BCUT2D eigenvalue weighted by molar-refractivity contribution is -0.144. The number of nitrogens with zero attached hydrogens (tertiary/aromatic N) is 1. The van der Waals surface area contributed by atoms with Crippen molar-refractivity contribution in [3.63, 3.8) is 0 Å². The number of rotatable bonds is 8. The lowest BCUT2D eigenvalue weighted by Crippen LogP contribution is -2.31. The molecule has 0 bridgehead atoms. The highest BCUT2D eigenvalue weighted by atomic mass is 16.5. The molecule has 1 rings (SSSR count). The Morgan fingerprint density at radius 1 is 1.15 bits per heavy atom. The largest absolute Gasteiger partial charge is 0.466 e. The van der Waals surface area contributed by atoms with Gasteiger partial charge in [-0.25, -0.2) is 0 Å². The van der Waals surface area contributed by atoms with Gasteiger partial charge in [-0.05, 0) is 45.2 Å². The van der Waals surface area contributed by atoms with Crippen LogP contribution in [-0.4, -0.2) is 42.9 Å². The fourth-order valence-electron chi connectivity index (χ4n) is 2.88. The molecular weight excluding hydrogens is 254 g/mol. The first-order valence-corrected chi connectivity index (χ1v) is 8.05. The first-order valence-electron chi connectivity index (χ1n) is 8.05. The molecule has 1 fully saturated rings. The van der Waals surface area contributed by atoms with E-state index in [-0.39, 0.29) is 18.2 Å². The van der Waals surface area contributed by atoms with Crippen LogP contribution in [0.25, 0.3) is 0 Å². The third kappa shape index (κ3) is 7.04. The predicted molar refractivity (Wildman–Crippen MR) is 79.6 cm³/mol. The van der Waals surface area contributed by atoms with Crippen LogP contribution in [0.2, 0.25) is 0 Å². The van der Waals surface area contributed by atoms with Gasteiger partial charge in [0.05, 0.1) is 19.6 Å². The summed E-state index contributed by atoms with van der Waals surface area (Å²) in [6, 6.07) is 0. The quantitative estimate of drug-likeness (QED) is 0.643. The summed E-state index contributed by atoms with van der Waals surface area (Å²) in [5, 5.41) is 0. The van der Waals surface area contributed by atoms with Crippen molar-refractivity contribution in [3.8, 4) is 0 Å². The molecule has 4 heteroatoms. The van der Waals surface area contributed by atoms with Crippen LogP contribution in [0, 0.1) is 5.92 Å². The average molecular weight is 283 g/mol. The Bertz CT molecular complexity index is 304. The lowest BCUT2D eigenvalue weighted by Gasteiger charge is -2.19. The van der Waals surface area contributed by atoms with E-state index < -0.39 is 0 Å². The number of ketones is 1. The van der Waals surface area contributed by atoms with Gasteiger partial charge in [0.2, 0.25) is 0 Å². The maximum absolute atomic E-state index is 11.9. The van der Waals surface area contributed by atoms with Gasteiger partial charge in [0.1, 0.15) is 5.78 Å². The molecule has 0 radical (unpaired) electrons. The molecule has 0 spiro atoms. The first-order chi connectivity index (χ1) is 9.65. The predicted octanol–water partition coefficient (Wildman–Crippen LogP) is 2.80. The minimum atomic E-state index is -0.264. The van der Waals surface area contributed by atoms with Crippen LogP contribution in [0.3, 0.4) is 0 Å². The smallest absolute Gasteiger partial charge is 0.306 e.